The van der Waals surface area contributed by atoms with Crippen LogP contribution < -0.4 is 0 Å². The number of hydrogen-bond acceptors (Lipinski definition) is 3. The molecule has 0 aliphatic rings. The maximum absolute atomic E-state index is 10.2. The van der Waals surface area contributed by atoms with Gasteiger partial charge >= 0.3 is 5.97 Å². The second-order valence-corrected chi connectivity index (χ2v) is 2.19. The molecule has 1 heterocycles. The summed E-state index contributed by atoms with van der Waals surface area (Å²) >= 11 is 0. The second kappa shape index (κ2) is 3.04. The average Bonchev–Trinajstić information content (AvgIpc) is 2.34. The molecule has 6 nitrogen and oxygen atoms in total. The Morgan fingerprint density at radius 3 is 2.83 bits per heavy atom. The molecular weight excluding hydrogens is 164 g/mol. The molecule has 1 rings (SSSR count). The highest BCUT2D eigenvalue weighted by molar-refractivity contribution is 5.66. The van der Waals surface area contributed by atoms with Gasteiger partial charge < -0.3 is 9.67 Å². The number of carboxylic acids is 1. The minimum absolute atomic E-state index is 0.101. The SMILES string of the molecule is O=C(O)Cn1ccc([N+](=O)[O-])c1. The molecule has 6 heteroatoms. The Bertz CT molecular complexity index is 317. The van der Waals surface area contributed by atoms with Crippen LogP contribution in [0.4, 0.5) is 5.69 Å². The summed E-state index contributed by atoms with van der Waals surface area (Å²) < 4.78 is 1.24. The van der Waals surface area contributed by atoms with Crippen LogP contribution in [-0.2, 0) is 11.3 Å². The Balaban J connectivity index is 2.77. The van der Waals surface area contributed by atoms with Crippen LogP contribution in [0.15, 0.2) is 18.5 Å². The van der Waals surface area contributed by atoms with Gasteiger partial charge in [-0.3, -0.25) is 14.9 Å². The van der Waals surface area contributed by atoms with E-state index in [0.717, 1.165) is 0 Å². The zero-order chi connectivity index (χ0) is 9.14. The molecule has 0 atom stereocenters. The van der Waals surface area contributed by atoms with E-state index in [1.165, 1.54) is 23.0 Å². The van der Waals surface area contributed by atoms with Crippen LogP contribution >= 0.6 is 0 Å². The number of carboxylic acid groups (broad SMARTS) is 1. The summed E-state index contributed by atoms with van der Waals surface area (Å²) in [7, 11) is 0. The first-order valence-corrected chi connectivity index (χ1v) is 3.11. The number of rotatable bonds is 3. The van der Waals surface area contributed by atoms with E-state index in [4.69, 9.17) is 5.11 Å². The van der Waals surface area contributed by atoms with E-state index in [1.54, 1.807) is 0 Å². The lowest BCUT2D eigenvalue weighted by molar-refractivity contribution is -0.384. The first-order chi connectivity index (χ1) is 5.59. The van der Waals surface area contributed by atoms with Crippen molar-refractivity contribution in [3.8, 4) is 0 Å². The van der Waals surface area contributed by atoms with Gasteiger partial charge in [-0.25, -0.2) is 0 Å². The molecular formula is C6H6N2O4. The molecule has 0 aliphatic heterocycles. The molecule has 0 aliphatic carbocycles. The van der Waals surface area contributed by atoms with Crippen molar-refractivity contribution >= 4 is 11.7 Å². The fourth-order valence-electron chi connectivity index (χ4n) is 0.791. The topological polar surface area (TPSA) is 85.4 Å². The van der Waals surface area contributed by atoms with Gasteiger partial charge in [0.25, 0.3) is 5.69 Å². The Morgan fingerprint density at radius 1 is 1.75 bits per heavy atom. The van der Waals surface area contributed by atoms with Gasteiger partial charge in [0.15, 0.2) is 0 Å². The largest absolute Gasteiger partial charge is 0.480 e. The van der Waals surface area contributed by atoms with Crippen LogP contribution in [0.3, 0.4) is 0 Å². The number of aromatic nitrogens is 1. The van der Waals surface area contributed by atoms with Crippen molar-refractivity contribution in [3.05, 3.63) is 28.6 Å². The monoisotopic (exact) mass is 170 g/mol. The summed E-state index contributed by atoms with van der Waals surface area (Å²) in [6, 6.07) is 1.25. The molecule has 1 aromatic rings. The normalized spacial score (nSPS) is 9.67. The van der Waals surface area contributed by atoms with Crippen LogP contribution in [-0.4, -0.2) is 20.6 Å². The molecule has 1 aromatic heterocycles. The standard InChI is InChI=1S/C6H6N2O4/c9-6(10)4-7-2-1-5(3-7)8(11)12/h1-3H,4H2,(H,9,10). The highest BCUT2D eigenvalue weighted by Crippen LogP contribution is 2.09. The fourth-order valence-corrected chi connectivity index (χ4v) is 0.791. The van der Waals surface area contributed by atoms with E-state index in [-0.39, 0.29) is 12.2 Å². The van der Waals surface area contributed by atoms with E-state index in [9.17, 15) is 14.9 Å². The molecule has 0 amide bonds. The molecule has 0 fully saturated rings. The predicted molar refractivity (Wildman–Crippen MR) is 38.7 cm³/mol. The van der Waals surface area contributed by atoms with Gasteiger partial charge in [0, 0.05) is 12.3 Å². The van der Waals surface area contributed by atoms with Crippen LogP contribution in [0.25, 0.3) is 0 Å². The van der Waals surface area contributed by atoms with Gasteiger partial charge in [0.1, 0.15) is 6.54 Å². The summed E-state index contributed by atoms with van der Waals surface area (Å²) in [5.41, 5.74) is -0.101. The Hall–Kier alpha value is -1.85. The van der Waals surface area contributed by atoms with Crippen LogP contribution in [0.5, 0.6) is 0 Å². The minimum atomic E-state index is -1.03. The summed E-state index contributed by atoms with van der Waals surface area (Å²) in [5, 5.41) is 18.5. The average molecular weight is 170 g/mol. The summed E-state index contributed by atoms with van der Waals surface area (Å²) in [4.78, 5) is 19.7. The first kappa shape index (κ1) is 8.25. The molecule has 0 spiro atoms. The van der Waals surface area contributed by atoms with Crippen molar-refractivity contribution in [2.75, 3.05) is 0 Å². The van der Waals surface area contributed by atoms with Crippen molar-refractivity contribution in [3.63, 3.8) is 0 Å². The van der Waals surface area contributed by atoms with Gasteiger partial charge in [0.05, 0.1) is 11.1 Å². The summed E-state index contributed by atoms with van der Waals surface area (Å²) in [6.07, 6.45) is 2.53. The Labute approximate surface area is 67.2 Å². The number of nitrogens with zero attached hydrogens (tertiary/aromatic N) is 2. The lowest BCUT2D eigenvalue weighted by Crippen LogP contribution is -2.06. The number of nitro groups is 1. The Morgan fingerprint density at radius 2 is 2.42 bits per heavy atom. The van der Waals surface area contributed by atoms with Crippen molar-refractivity contribution < 1.29 is 14.8 Å². The first-order valence-electron chi connectivity index (χ1n) is 3.11. The fraction of sp³-hybridized carbons (Fsp3) is 0.167. The quantitative estimate of drug-likeness (QED) is 0.528. The van der Waals surface area contributed by atoms with Gasteiger partial charge in [-0.1, -0.05) is 0 Å². The molecule has 0 saturated heterocycles. The lowest BCUT2D eigenvalue weighted by atomic mass is 10.6. The Kier molecular flexibility index (Phi) is 2.09. The summed E-state index contributed by atoms with van der Waals surface area (Å²) in [5.74, 6) is -1.03. The number of aliphatic carboxylic acids is 1. The molecule has 64 valence electrons. The van der Waals surface area contributed by atoms with Gasteiger partial charge in [-0.15, -0.1) is 0 Å². The van der Waals surface area contributed by atoms with Crippen molar-refractivity contribution in [2.45, 2.75) is 6.54 Å². The molecule has 1 N–H and O–H groups in total. The minimum Gasteiger partial charge on any atom is -0.480 e. The van der Waals surface area contributed by atoms with Crippen molar-refractivity contribution in [1.29, 1.82) is 0 Å². The van der Waals surface area contributed by atoms with Gasteiger partial charge in [-0.2, -0.15) is 0 Å². The maximum Gasteiger partial charge on any atom is 0.323 e. The smallest absolute Gasteiger partial charge is 0.323 e. The van der Waals surface area contributed by atoms with Crippen LogP contribution in [0, 0.1) is 10.1 Å². The predicted octanol–water partition coefficient (Wildman–Crippen LogP) is 0.481. The van der Waals surface area contributed by atoms with E-state index >= 15 is 0 Å². The van der Waals surface area contributed by atoms with Crippen molar-refractivity contribution in [1.82, 2.24) is 4.57 Å². The van der Waals surface area contributed by atoms with E-state index < -0.39 is 10.9 Å². The van der Waals surface area contributed by atoms with Crippen LogP contribution in [0.2, 0.25) is 0 Å². The molecule has 0 aromatic carbocycles. The van der Waals surface area contributed by atoms with Crippen LogP contribution in [0.1, 0.15) is 0 Å². The third-order valence-electron chi connectivity index (χ3n) is 1.26. The zero-order valence-corrected chi connectivity index (χ0v) is 6.01. The molecule has 0 saturated carbocycles. The third-order valence-corrected chi connectivity index (χ3v) is 1.26. The van der Waals surface area contributed by atoms with Gasteiger partial charge in [0.2, 0.25) is 0 Å². The highest BCUT2D eigenvalue weighted by atomic mass is 16.6. The van der Waals surface area contributed by atoms with Gasteiger partial charge in [-0.05, 0) is 0 Å². The maximum atomic E-state index is 10.2. The van der Waals surface area contributed by atoms with E-state index in [0.29, 0.717) is 0 Å². The molecule has 0 bridgehead atoms. The molecule has 12 heavy (non-hydrogen) atoms. The zero-order valence-electron chi connectivity index (χ0n) is 6.01. The number of hydrogen-bond donors (Lipinski definition) is 1. The molecule has 0 unspecified atom stereocenters. The van der Waals surface area contributed by atoms with E-state index in [1.807, 2.05) is 0 Å². The number of carbonyl (C=O) groups is 1. The summed E-state index contributed by atoms with van der Waals surface area (Å²) in [6.45, 7) is -0.256. The highest BCUT2D eigenvalue weighted by Gasteiger charge is 2.08. The second-order valence-electron chi connectivity index (χ2n) is 2.19. The van der Waals surface area contributed by atoms with E-state index in [2.05, 4.69) is 0 Å². The van der Waals surface area contributed by atoms with Crippen molar-refractivity contribution in [2.24, 2.45) is 0 Å². The third kappa shape index (κ3) is 1.82. The lowest BCUT2D eigenvalue weighted by Gasteiger charge is -1.93. The molecule has 0 radical (unpaired) electrons.